The molecule has 1 atom stereocenters. The molecule has 3 rings (SSSR count). The summed E-state index contributed by atoms with van der Waals surface area (Å²) in [6, 6.07) is 7.71. The van der Waals surface area contributed by atoms with E-state index in [2.05, 4.69) is 10.2 Å². The Morgan fingerprint density at radius 3 is 2.68 bits per heavy atom. The molecule has 25 heavy (non-hydrogen) atoms. The minimum atomic E-state index is 0. The minimum absolute atomic E-state index is 0. The van der Waals surface area contributed by atoms with Gasteiger partial charge in [-0.15, -0.1) is 12.4 Å². The van der Waals surface area contributed by atoms with Crippen molar-refractivity contribution in [3.05, 3.63) is 24.3 Å². The SMILES string of the molecule is COc1cccc(OCCN2CCN(C(=O)C3CCCN3)CC2)c1.Cl. The Labute approximate surface area is 155 Å². The van der Waals surface area contributed by atoms with Gasteiger partial charge in [-0.05, 0) is 31.5 Å². The van der Waals surface area contributed by atoms with Gasteiger partial charge in [0.25, 0.3) is 0 Å². The van der Waals surface area contributed by atoms with E-state index < -0.39 is 0 Å². The second-order valence-electron chi connectivity index (χ2n) is 6.34. The molecule has 2 aliphatic heterocycles. The summed E-state index contributed by atoms with van der Waals surface area (Å²) >= 11 is 0. The molecule has 7 heteroatoms. The number of ether oxygens (including phenoxy) is 2. The maximum atomic E-state index is 12.4. The Balaban J connectivity index is 0.00000225. The van der Waals surface area contributed by atoms with Gasteiger partial charge in [-0.3, -0.25) is 9.69 Å². The molecule has 1 aromatic carbocycles. The van der Waals surface area contributed by atoms with Gasteiger partial charge in [0.05, 0.1) is 13.2 Å². The molecular weight excluding hydrogens is 342 g/mol. The molecule has 0 aliphatic carbocycles. The standard InChI is InChI=1S/C18H27N3O3.ClH/c1-23-15-4-2-5-16(14-15)24-13-12-20-8-10-21(11-9-20)18(22)17-6-3-7-19-17;/h2,4-5,14,17,19H,3,6-13H2,1H3;1H. The van der Waals surface area contributed by atoms with Gasteiger partial charge in [0.1, 0.15) is 18.1 Å². The normalized spacial score (nSPS) is 20.8. The summed E-state index contributed by atoms with van der Waals surface area (Å²) in [7, 11) is 1.65. The summed E-state index contributed by atoms with van der Waals surface area (Å²) < 4.78 is 11.0. The number of hydrogen-bond donors (Lipinski definition) is 1. The van der Waals surface area contributed by atoms with Crippen LogP contribution in [0.5, 0.6) is 11.5 Å². The number of methoxy groups -OCH3 is 1. The van der Waals surface area contributed by atoms with Crippen LogP contribution >= 0.6 is 12.4 Å². The largest absolute Gasteiger partial charge is 0.497 e. The molecule has 2 fully saturated rings. The molecule has 6 nitrogen and oxygen atoms in total. The van der Waals surface area contributed by atoms with Crippen molar-refractivity contribution in [2.24, 2.45) is 0 Å². The van der Waals surface area contributed by atoms with Crippen LogP contribution < -0.4 is 14.8 Å². The van der Waals surface area contributed by atoms with E-state index in [1.165, 1.54) is 0 Å². The minimum Gasteiger partial charge on any atom is -0.497 e. The van der Waals surface area contributed by atoms with Crippen molar-refractivity contribution in [3.8, 4) is 11.5 Å². The molecule has 0 radical (unpaired) electrons. The highest BCUT2D eigenvalue weighted by atomic mass is 35.5. The van der Waals surface area contributed by atoms with Crippen LogP contribution in [0.1, 0.15) is 12.8 Å². The molecule has 1 unspecified atom stereocenters. The van der Waals surface area contributed by atoms with Crippen molar-refractivity contribution >= 4 is 18.3 Å². The molecule has 140 valence electrons. The zero-order valence-corrected chi connectivity index (χ0v) is 15.6. The van der Waals surface area contributed by atoms with Crippen LogP contribution in [0.3, 0.4) is 0 Å². The maximum Gasteiger partial charge on any atom is 0.239 e. The number of carbonyl (C=O) groups excluding carboxylic acids is 1. The van der Waals surface area contributed by atoms with Crippen LogP contribution in [0.25, 0.3) is 0 Å². The summed E-state index contributed by atoms with van der Waals surface area (Å²) in [5, 5.41) is 3.29. The monoisotopic (exact) mass is 369 g/mol. The Morgan fingerprint density at radius 1 is 1.24 bits per heavy atom. The quantitative estimate of drug-likeness (QED) is 0.821. The zero-order valence-electron chi connectivity index (χ0n) is 14.8. The van der Waals surface area contributed by atoms with Gasteiger partial charge in [0.2, 0.25) is 5.91 Å². The number of nitrogens with zero attached hydrogens (tertiary/aromatic N) is 2. The van der Waals surface area contributed by atoms with Crippen molar-refractivity contribution in [1.82, 2.24) is 15.1 Å². The van der Waals surface area contributed by atoms with Crippen LogP contribution in [0.2, 0.25) is 0 Å². The molecule has 0 bridgehead atoms. The third-order valence-electron chi connectivity index (χ3n) is 4.76. The van der Waals surface area contributed by atoms with E-state index in [0.29, 0.717) is 6.61 Å². The third-order valence-corrected chi connectivity index (χ3v) is 4.76. The average molecular weight is 370 g/mol. The van der Waals surface area contributed by atoms with Crippen molar-refractivity contribution < 1.29 is 14.3 Å². The Kier molecular flexibility index (Phi) is 7.81. The van der Waals surface area contributed by atoms with Gasteiger partial charge < -0.3 is 19.7 Å². The van der Waals surface area contributed by atoms with Crippen molar-refractivity contribution in [2.75, 3.05) is 53.0 Å². The highest BCUT2D eigenvalue weighted by molar-refractivity contribution is 5.85. The highest BCUT2D eigenvalue weighted by Crippen LogP contribution is 2.18. The predicted octanol–water partition coefficient (Wildman–Crippen LogP) is 1.39. The predicted molar refractivity (Wildman–Crippen MR) is 99.8 cm³/mol. The van der Waals surface area contributed by atoms with Gasteiger partial charge in [0.15, 0.2) is 0 Å². The number of nitrogens with one attached hydrogen (secondary N) is 1. The lowest BCUT2D eigenvalue weighted by atomic mass is 10.2. The second-order valence-corrected chi connectivity index (χ2v) is 6.34. The summed E-state index contributed by atoms with van der Waals surface area (Å²) in [6.07, 6.45) is 2.09. The molecule has 0 spiro atoms. The van der Waals surface area contributed by atoms with Gasteiger partial charge in [-0.2, -0.15) is 0 Å². The molecule has 2 heterocycles. The van der Waals surface area contributed by atoms with Gasteiger partial charge in [-0.25, -0.2) is 0 Å². The highest BCUT2D eigenvalue weighted by Gasteiger charge is 2.28. The van der Waals surface area contributed by atoms with Crippen LogP contribution in [0.4, 0.5) is 0 Å². The zero-order chi connectivity index (χ0) is 16.8. The number of piperazine rings is 1. The van der Waals surface area contributed by atoms with Crippen LogP contribution in [0, 0.1) is 0 Å². The summed E-state index contributed by atoms with van der Waals surface area (Å²) in [4.78, 5) is 16.7. The Hall–Kier alpha value is -1.50. The number of benzene rings is 1. The summed E-state index contributed by atoms with van der Waals surface area (Å²) in [5.41, 5.74) is 0. The van der Waals surface area contributed by atoms with Gasteiger partial charge in [-0.1, -0.05) is 6.07 Å². The fourth-order valence-corrected chi connectivity index (χ4v) is 3.29. The number of hydrogen-bond acceptors (Lipinski definition) is 5. The first-order chi connectivity index (χ1) is 11.8. The molecule has 1 aromatic rings. The van der Waals surface area contributed by atoms with Crippen LogP contribution in [-0.4, -0.2) is 74.7 Å². The fraction of sp³-hybridized carbons (Fsp3) is 0.611. The molecule has 1 N–H and O–H groups in total. The molecule has 2 saturated heterocycles. The van der Waals surface area contributed by atoms with E-state index in [1.807, 2.05) is 29.2 Å². The number of carbonyl (C=O) groups is 1. The van der Waals surface area contributed by atoms with E-state index in [1.54, 1.807) is 7.11 Å². The van der Waals surface area contributed by atoms with Gasteiger partial charge in [0, 0.05) is 38.8 Å². The smallest absolute Gasteiger partial charge is 0.239 e. The molecular formula is C18H28ClN3O3. The molecule has 0 saturated carbocycles. The molecule has 2 aliphatic rings. The van der Waals surface area contributed by atoms with Crippen molar-refractivity contribution in [1.29, 1.82) is 0 Å². The first kappa shape index (κ1) is 19.8. The Bertz CT molecular complexity index is 544. The number of amides is 1. The van der Waals surface area contributed by atoms with Crippen molar-refractivity contribution in [3.63, 3.8) is 0 Å². The maximum absolute atomic E-state index is 12.4. The lowest BCUT2D eigenvalue weighted by Crippen LogP contribution is -2.53. The van der Waals surface area contributed by atoms with E-state index in [-0.39, 0.29) is 24.4 Å². The van der Waals surface area contributed by atoms with E-state index >= 15 is 0 Å². The summed E-state index contributed by atoms with van der Waals surface area (Å²) in [5.74, 6) is 1.91. The third kappa shape index (κ3) is 5.49. The summed E-state index contributed by atoms with van der Waals surface area (Å²) in [6.45, 7) is 5.95. The fourth-order valence-electron chi connectivity index (χ4n) is 3.29. The number of rotatable bonds is 6. The van der Waals surface area contributed by atoms with E-state index in [0.717, 1.165) is 63.6 Å². The van der Waals surface area contributed by atoms with E-state index in [4.69, 9.17) is 9.47 Å². The van der Waals surface area contributed by atoms with Gasteiger partial charge >= 0.3 is 0 Å². The molecule has 1 amide bonds. The Morgan fingerprint density at radius 2 is 2.00 bits per heavy atom. The lowest BCUT2D eigenvalue weighted by molar-refractivity contribution is -0.134. The molecule has 0 aromatic heterocycles. The first-order valence-corrected chi connectivity index (χ1v) is 8.77. The van der Waals surface area contributed by atoms with Crippen molar-refractivity contribution in [2.45, 2.75) is 18.9 Å². The van der Waals surface area contributed by atoms with Crippen LogP contribution in [-0.2, 0) is 4.79 Å². The van der Waals surface area contributed by atoms with Crippen LogP contribution in [0.15, 0.2) is 24.3 Å². The lowest BCUT2D eigenvalue weighted by Gasteiger charge is -2.35. The first-order valence-electron chi connectivity index (χ1n) is 8.77. The number of halogens is 1. The topological polar surface area (TPSA) is 54.0 Å². The second kappa shape index (κ2) is 9.85. The average Bonchev–Trinajstić information content (AvgIpc) is 3.16. The van der Waals surface area contributed by atoms with E-state index in [9.17, 15) is 4.79 Å².